The van der Waals surface area contributed by atoms with Crippen LogP contribution in [0.25, 0.3) is 21.8 Å². The lowest BCUT2D eigenvalue weighted by Crippen LogP contribution is -2.12. The van der Waals surface area contributed by atoms with Gasteiger partial charge in [0.2, 0.25) is 0 Å². The summed E-state index contributed by atoms with van der Waals surface area (Å²) in [5.74, 6) is 4.69. The lowest BCUT2D eigenvalue weighted by atomic mass is 10.1. The molecule has 0 aliphatic rings. The monoisotopic (exact) mass is 384 g/mol. The number of hydrogen-bond acceptors (Lipinski definition) is 3. The van der Waals surface area contributed by atoms with Gasteiger partial charge in [-0.1, -0.05) is 41.6 Å². The van der Waals surface area contributed by atoms with E-state index in [0.29, 0.717) is 11.1 Å². The van der Waals surface area contributed by atoms with Gasteiger partial charge >= 0.3 is 0 Å². The quantitative estimate of drug-likeness (QED) is 0.156. The molecule has 0 spiro atoms. The number of rotatable bonds is 4. The number of carbonyl (C=O) groups is 1. The third-order valence-electron chi connectivity index (χ3n) is 4.93. The normalized spacial score (nSPS) is 11.3. The molecule has 0 aliphatic heterocycles. The Morgan fingerprint density at radius 2 is 1.69 bits per heavy atom. The molecule has 0 saturated heterocycles. The number of hydrogen-bond donors (Lipinski definition) is 3. The molecular weight excluding hydrogens is 364 g/mol. The molecule has 0 fully saturated rings. The Hall–Kier alpha value is -4.00. The molecule has 3 aromatic carbocycles. The summed E-state index contributed by atoms with van der Waals surface area (Å²) in [6, 6.07) is 20.8. The van der Waals surface area contributed by atoms with Gasteiger partial charge in [0.15, 0.2) is 5.84 Å². The molecule has 29 heavy (non-hydrogen) atoms. The van der Waals surface area contributed by atoms with Gasteiger partial charge in [-0.05, 0) is 37.3 Å². The standard InChI is InChI=1S/C22H20N6O/c1-2-28-19-6-4-3-5-17(19)18-12-11-16(13-20(18)28)25-22(29)15-9-7-14(8-10-15)21(23)26-27-24/h3-13H,2H2,1H3,(H,25,29)(H3,23,24,26). The van der Waals surface area contributed by atoms with Crippen LogP contribution in [0.15, 0.2) is 77.1 Å². The summed E-state index contributed by atoms with van der Waals surface area (Å²) < 4.78 is 2.24. The minimum absolute atomic E-state index is 0.0581. The minimum Gasteiger partial charge on any atom is -0.341 e. The van der Waals surface area contributed by atoms with Gasteiger partial charge in [-0.25, -0.2) is 0 Å². The van der Waals surface area contributed by atoms with E-state index in [-0.39, 0.29) is 11.7 Å². The average Bonchev–Trinajstić information content (AvgIpc) is 3.07. The van der Waals surface area contributed by atoms with E-state index in [1.165, 1.54) is 10.9 Å². The number of fused-ring (bicyclic) bond motifs is 3. The van der Waals surface area contributed by atoms with Gasteiger partial charge in [-0.15, -0.1) is 5.11 Å². The third-order valence-corrected chi connectivity index (χ3v) is 4.93. The fourth-order valence-corrected chi connectivity index (χ4v) is 3.57. The van der Waals surface area contributed by atoms with Crippen LogP contribution in [0, 0.1) is 5.41 Å². The van der Waals surface area contributed by atoms with Gasteiger partial charge in [-0.2, -0.15) is 0 Å². The largest absolute Gasteiger partial charge is 0.341 e. The molecule has 4 aromatic rings. The molecule has 1 amide bonds. The second kappa shape index (κ2) is 7.55. The Morgan fingerprint density at radius 1 is 1.00 bits per heavy atom. The molecule has 0 saturated carbocycles. The Morgan fingerprint density at radius 3 is 2.41 bits per heavy atom. The van der Waals surface area contributed by atoms with Crippen molar-refractivity contribution in [2.45, 2.75) is 13.5 Å². The second-order valence-corrected chi connectivity index (χ2v) is 6.59. The highest BCUT2D eigenvalue weighted by molar-refractivity contribution is 6.10. The average molecular weight is 384 g/mol. The molecule has 1 aromatic heterocycles. The number of nitrogens with two attached hydrogens (primary N) is 1. The predicted molar refractivity (Wildman–Crippen MR) is 115 cm³/mol. The van der Waals surface area contributed by atoms with Gasteiger partial charge in [0.25, 0.3) is 5.91 Å². The number of nitrogens with one attached hydrogen (secondary N) is 2. The van der Waals surface area contributed by atoms with Crippen molar-refractivity contribution < 1.29 is 4.79 Å². The Bertz CT molecular complexity index is 1250. The highest BCUT2D eigenvalue weighted by atomic mass is 16.1. The SMILES string of the molecule is CCn1c2ccccc2c2ccc(NC(=O)c3ccc(C(=N)N=NN)cc3)cc21. The van der Waals surface area contributed by atoms with E-state index in [4.69, 9.17) is 11.3 Å². The van der Waals surface area contributed by atoms with Crippen LogP contribution >= 0.6 is 0 Å². The topological polar surface area (TPSA) is 109 Å². The van der Waals surface area contributed by atoms with Crippen LogP contribution in [-0.2, 0) is 6.54 Å². The first-order chi connectivity index (χ1) is 14.1. The summed E-state index contributed by atoms with van der Waals surface area (Å²) in [7, 11) is 0. The summed E-state index contributed by atoms with van der Waals surface area (Å²) in [6.07, 6.45) is 0. The van der Waals surface area contributed by atoms with Crippen molar-refractivity contribution in [3.63, 3.8) is 0 Å². The van der Waals surface area contributed by atoms with Gasteiger partial charge < -0.3 is 15.7 Å². The Kier molecular flexibility index (Phi) is 4.78. The van der Waals surface area contributed by atoms with Crippen LogP contribution in [0.3, 0.4) is 0 Å². The van der Waals surface area contributed by atoms with Gasteiger partial charge in [0.1, 0.15) is 0 Å². The molecule has 0 aliphatic carbocycles. The molecule has 4 rings (SSSR count). The molecule has 4 N–H and O–H groups in total. The van der Waals surface area contributed by atoms with E-state index < -0.39 is 0 Å². The number of amides is 1. The zero-order chi connectivity index (χ0) is 20.4. The third kappa shape index (κ3) is 3.34. The number of nitrogens with zero attached hydrogens (tertiary/aromatic N) is 3. The first-order valence-corrected chi connectivity index (χ1v) is 9.24. The number of anilines is 1. The van der Waals surface area contributed by atoms with E-state index in [1.54, 1.807) is 24.3 Å². The summed E-state index contributed by atoms with van der Waals surface area (Å²) in [5, 5.41) is 19.6. The Labute approximate surface area is 167 Å². The van der Waals surface area contributed by atoms with Crippen molar-refractivity contribution in [1.29, 1.82) is 5.41 Å². The number of para-hydroxylation sites is 1. The van der Waals surface area contributed by atoms with Crippen molar-refractivity contribution in [2.75, 3.05) is 5.32 Å². The van der Waals surface area contributed by atoms with Crippen LogP contribution in [0.2, 0.25) is 0 Å². The second-order valence-electron chi connectivity index (χ2n) is 6.59. The summed E-state index contributed by atoms with van der Waals surface area (Å²) in [6.45, 7) is 2.95. The van der Waals surface area contributed by atoms with Gasteiger partial charge in [0, 0.05) is 39.6 Å². The van der Waals surface area contributed by atoms with E-state index in [0.717, 1.165) is 23.1 Å². The zero-order valence-electron chi connectivity index (χ0n) is 15.9. The number of aryl methyl sites for hydroxylation is 1. The lowest BCUT2D eigenvalue weighted by molar-refractivity contribution is 0.102. The number of amidine groups is 1. The number of carbonyl (C=O) groups excluding carboxylic acids is 1. The smallest absolute Gasteiger partial charge is 0.255 e. The van der Waals surface area contributed by atoms with Crippen molar-refractivity contribution in [1.82, 2.24) is 4.57 Å². The maximum Gasteiger partial charge on any atom is 0.255 e. The molecule has 0 radical (unpaired) electrons. The number of aromatic nitrogens is 1. The number of benzene rings is 3. The molecule has 1 heterocycles. The fourth-order valence-electron chi connectivity index (χ4n) is 3.57. The van der Waals surface area contributed by atoms with Crippen LogP contribution in [-0.4, -0.2) is 16.3 Å². The van der Waals surface area contributed by atoms with Crippen molar-refractivity contribution in [3.8, 4) is 0 Å². The highest BCUT2D eigenvalue weighted by Gasteiger charge is 2.12. The zero-order valence-corrected chi connectivity index (χ0v) is 15.9. The maximum atomic E-state index is 12.7. The highest BCUT2D eigenvalue weighted by Crippen LogP contribution is 2.30. The van der Waals surface area contributed by atoms with Crippen molar-refractivity contribution >= 4 is 39.2 Å². The molecule has 144 valence electrons. The van der Waals surface area contributed by atoms with Crippen LogP contribution in [0.4, 0.5) is 5.69 Å². The molecular formula is C22H20N6O. The minimum atomic E-state index is -0.220. The summed E-state index contributed by atoms with van der Waals surface area (Å²) >= 11 is 0. The predicted octanol–water partition coefficient (Wildman–Crippen LogP) is 4.72. The van der Waals surface area contributed by atoms with Crippen molar-refractivity contribution in [2.24, 2.45) is 16.2 Å². The van der Waals surface area contributed by atoms with E-state index in [1.807, 2.05) is 30.3 Å². The maximum absolute atomic E-state index is 12.7. The fraction of sp³-hybridized carbons (Fsp3) is 0.0909. The molecule has 0 bridgehead atoms. The Balaban J connectivity index is 1.63. The molecule has 7 nitrogen and oxygen atoms in total. The van der Waals surface area contributed by atoms with Gasteiger partial charge in [-0.3, -0.25) is 10.2 Å². The van der Waals surface area contributed by atoms with E-state index >= 15 is 0 Å². The summed E-state index contributed by atoms with van der Waals surface area (Å²) in [5.41, 5.74) is 4.02. The van der Waals surface area contributed by atoms with Crippen LogP contribution < -0.4 is 11.2 Å². The van der Waals surface area contributed by atoms with E-state index in [2.05, 4.69) is 39.3 Å². The van der Waals surface area contributed by atoms with Crippen molar-refractivity contribution in [3.05, 3.63) is 77.9 Å². The molecule has 0 unspecified atom stereocenters. The molecule has 0 atom stereocenters. The summed E-state index contributed by atoms with van der Waals surface area (Å²) in [4.78, 5) is 12.7. The molecule has 7 heteroatoms. The van der Waals surface area contributed by atoms with Crippen LogP contribution in [0.5, 0.6) is 0 Å². The lowest BCUT2D eigenvalue weighted by Gasteiger charge is -2.08. The van der Waals surface area contributed by atoms with Crippen LogP contribution in [0.1, 0.15) is 22.8 Å². The first-order valence-electron chi connectivity index (χ1n) is 9.24. The first kappa shape index (κ1) is 18.4. The van der Waals surface area contributed by atoms with E-state index in [9.17, 15) is 4.79 Å². The van der Waals surface area contributed by atoms with Gasteiger partial charge in [0.05, 0.1) is 5.52 Å².